The summed E-state index contributed by atoms with van der Waals surface area (Å²) < 4.78 is 4.73. The van der Waals surface area contributed by atoms with Gasteiger partial charge in [0.15, 0.2) is 0 Å². The number of aromatic nitrogens is 2. The van der Waals surface area contributed by atoms with Crippen LogP contribution in [0.25, 0.3) is 11.5 Å². The van der Waals surface area contributed by atoms with Crippen molar-refractivity contribution >= 4 is 17.6 Å². The average molecular weight is 231 g/mol. The Bertz CT molecular complexity index is 515. The molecule has 16 heavy (non-hydrogen) atoms. The Kier molecular flexibility index (Phi) is 4.13. The third-order valence-corrected chi connectivity index (χ3v) is 1.92. The molecule has 2 rings (SSSR count). The van der Waals surface area contributed by atoms with Crippen molar-refractivity contribution in [3.05, 3.63) is 35.1 Å². The molecule has 0 unspecified atom stereocenters. The summed E-state index contributed by atoms with van der Waals surface area (Å²) in [7, 11) is 0. The first-order valence-corrected chi connectivity index (χ1v) is 4.35. The van der Waals surface area contributed by atoms with E-state index >= 15 is 0 Å². The fourth-order valence-electron chi connectivity index (χ4n) is 1.05. The number of benzene rings is 1. The topological polar surface area (TPSA) is 79.0 Å². The molecule has 0 saturated heterocycles. The number of nitrogens with zero attached hydrogens (tertiary/aromatic N) is 2. The van der Waals surface area contributed by atoms with Crippen molar-refractivity contribution in [1.82, 2.24) is 10.1 Å². The van der Waals surface area contributed by atoms with E-state index in [1.807, 2.05) is 0 Å². The van der Waals surface area contributed by atoms with Crippen molar-refractivity contribution in [2.45, 2.75) is 0 Å². The van der Waals surface area contributed by atoms with Crippen LogP contribution in [0.1, 0.15) is 10.6 Å². The third kappa shape index (κ3) is 2.64. The van der Waals surface area contributed by atoms with Gasteiger partial charge >= 0.3 is 18.9 Å². The summed E-state index contributed by atoms with van der Waals surface area (Å²) in [5.41, 5.74) is 0.558. The number of carbonyl (C=O) groups excluding carboxylic acids is 1. The minimum absolute atomic E-state index is 0. The molecule has 1 heterocycles. The van der Waals surface area contributed by atoms with Gasteiger partial charge in [0.25, 0.3) is 5.89 Å². The predicted molar refractivity (Wildman–Crippen MR) is 49.1 cm³/mol. The molecule has 76 valence electrons. The summed E-state index contributed by atoms with van der Waals surface area (Å²) >= 11 is 5.75. The molecule has 2 aromatic rings. The number of aromatic carboxylic acids is 1. The molecule has 0 aliphatic heterocycles. The molecule has 0 N–H and O–H groups in total. The minimum Gasteiger partial charge on any atom is -0.541 e. The number of carboxylic acid groups (broad SMARTS) is 1. The van der Waals surface area contributed by atoms with Crippen molar-refractivity contribution in [3.8, 4) is 11.5 Å². The van der Waals surface area contributed by atoms with Crippen molar-refractivity contribution in [3.63, 3.8) is 0 Å². The molecule has 0 amide bonds. The van der Waals surface area contributed by atoms with Gasteiger partial charge in [-0.25, -0.2) is 0 Å². The molecule has 0 atom stereocenters. The standard InChI is InChI=1S/C9H5ClN2O3.Li/c10-6-3-1-2-5(4-6)8-11-7(9(13)14)12-15-8;/h1-4H,(H,13,14);/q;+1/p-1. The zero-order valence-corrected chi connectivity index (χ0v) is 9.06. The van der Waals surface area contributed by atoms with E-state index in [2.05, 4.69) is 10.1 Å². The fourth-order valence-corrected chi connectivity index (χ4v) is 1.24. The van der Waals surface area contributed by atoms with Gasteiger partial charge < -0.3 is 14.4 Å². The van der Waals surface area contributed by atoms with E-state index < -0.39 is 11.8 Å². The van der Waals surface area contributed by atoms with Gasteiger partial charge in [0.05, 0.1) is 0 Å². The first-order chi connectivity index (χ1) is 7.16. The van der Waals surface area contributed by atoms with E-state index in [0.717, 1.165) is 0 Å². The van der Waals surface area contributed by atoms with E-state index in [9.17, 15) is 9.90 Å². The van der Waals surface area contributed by atoms with Crippen molar-refractivity contribution in [2.75, 3.05) is 0 Å². The van der Waals surface area contributed by atoms with Crippen molar-refractivity contribution in [2.24, 2.45) is 0 Å². The van der Waals surface area contributed by atoms with Gasteiger partial charge in [0.2, 0.25) is 5.82 Å². The van der Waals surface area contributed by atoms with Crippen LogP contribution in [0.5, 0.6) is 0 Å². The normalized spacial score (nSPS) is 9.56. The largest absolute Gasteiger partial charge is 1.00 e. The zero-order chi connectivity index (χ0) is 10.8. The quantitative estimate of drug-likeness (QED) is 0.545. The Labute approximate surface area is 108 Å². The molecule has 0 aliphatic carbocycles. The van der Waals surface area contributed by atoms with Gasteiger partial charge in [0, 0.05) is 10.6 Å². The summed E-state index contributed by atoms with van der Waals surface area (Å²) in [6, 6.07) is 6.65. The molecule has 0 saturated carbocycles. The molecule has 0 fully saturated rings. The van der Waals surface area contributed by atoms with Crippen LogP contribution in [0.3, 0.4) is 0 Å². The number of carboxylic acids is 1. The second-order valence-corrected chi connectivity index (χ2v) is 3.16. The molecule has 0 spiro atoms. The maximum Gasteiger partial charge on any atom is 1.00 e. The Hall–Kier alpha value is -1.28. The number of carbonyl (C=O) groups is 1. The summed E-state index contributed by atoms with van der Waals surface area (Å²) in [5.74, 6) is -1.87. The molecule has 7 heteroatoms. The van der Waals surface area contributed by atoms with Gasteiger partial charge in [-0.2, -0.15) is 4.98 Å². The maximum absolute atomic E-state index is 10.4. The molecule has 5 nitrogen and oxygen atoms in total. The van der Waals surface area contributed by atoms with E-state index in [4.69, 9.17) is 16.1 Å². The molecule has 1 aromatic carbocycles. The van der Waals surface area contributed by atoms with Crippen LogP contribution in [0, 0.1) is 0 Å². The summed E-state index contributed by atoms with van der Waals surface area (Å²) in [4.78, 5) is 14.0. The molecule has 0 aliphatic rings. The Morgan fingerprint density at radius 2 is 2.19 bits per heavy atom. The van der Waals surface area contributed by atoms with Gasteiger partial charge in [-0.15, -0.1) is 0 Å². The molecular weight excluding hydrogens is 227 g/mol. The average Bonchev–Trinajstić information content (AvgIpc) is 2.66. The minimum atomic E-state index is -1.48. The molecule has 0 bridgehead atoms. The van der Waals surface area contributed by atoms with Crippen LogP contribution in [0.2, 0.25) is 5.02 Å². The van der Waals surface area contributed by atoms with E-state index in [1.165, 1.54) is 0 Å². The van der Waals surface area contributed by atoms with Crippen LogP contribution in [0.4, 0.5) is 0 Å². The van der Waals surface area contributed by atoms with Crippen LogP contribution >= 0.6 is 11.6 Å². The maximum atomic E-state index is 10.4. The van der Waals surface area contributed by atoms with Gasteiger partial charge in [0.1, 0.15) is 5.97 Å². The number of rotatable bonds is 2. The summed E-state index contributed by atoms with van der Waals surface area (Å²) in [5, 5.41) is 14.1. The number of hydrogen-bond acceptors (Lipinski definition) is 5. The second-order valence-electron chi connectivity index (χ2n) is 2.72. The number of halogens is 1. The van der Waals surface area contributed by atoms with E-state index in [0.29, 0.717) is 10.6 Å². The Balaban J connectivity index is 0.00000128. The second kappa shape index (κ2) is 5.17. The SMILES string of the molecule is O=C([O-])c1noc(-c2cccc(Cl)c2)n1.[Li+]. The van der Waals surface area contributed by atoms with Crippen LogP contribution < -0.4 is 24.0 Å². The van der Waals surface area contributed by atoms with Crippen LogP contribution in [-0.4, -0.2) is 16.1 Å². The van der Waals surface area contributed by atoms with Crippen molar-refractivity contribution in [1.29, 1.82) is 0 Å². The van der Waals surface area contributed by atoms with Crippen LogP contribution in [-0.2, 0) is 0 Å². The van der Waals surface area contributed by atoms with Crippen LogP contribution in [0.15, 0.2) is 28.8 Å². The first kappa shape index (κ1) is 12.8. The zero-order valence-electron chi connectivity index (χ0n) is 8.31. The molecular formula is C9H4ClLiN2O3. The predicted octanol–water partition coefficient (Wildman–Crippen LogP) is -2.24. The van der Waals surface area contributed by atoms with E-state index in [1.54, 1.807) is 24.3 Å². The summed E-state index contributed by atoms with van der Waals surface area (Å²) in [6.45, 7) is 0. The van der Waals surface area contributed by atoms with Crippen molar-refractivity contribution < 1.29 is 33.3 Å². The summed E-state index contributed by atoms with van der Waals surface area (Å²) in [6.07, 6.45) is 0. The Morgan fingerprint density at radius 1 is 1.44 bits per heavy atom. The third-order valence-electron chi connectivity index (χ3n) is 1.68. The number of hydrogen-bond donors (Lipinski definition) is 0. The first-order valence-electron chi connectivity index (χ1n) is 3.98. The molecule has 1 aromatic heterocycles. The van der Waals surface area contributed by atoms with Gasteiger partial charge in [-0.05, 0) is 18.2 Å². The molecule has 0 radical (unpaired) electrons. The van der Waals surface area contributed by atoms with Gasteiger partial charge in [-0.1, -0.05) is 22.8 Å². The Morgan fingerprint density at radius 3 is 2.75 bits per heavy atom. The van der Waals surface area contributed by atoms with Gasteiger partial charge in [-0.3, -0.25) is 0 Å². The fraction of sp³-hybridized carbons (Fsp3) is 0. The van der Waals surface area contributed by atoms with E-state index in [-0.39, 0.29) is 24.8 Å². The smallest absolute Gasteiger partial charge is 0.541 e. The monoisotopic (exact) mass is 230 g/mol.